The Morgan fingerprint density at radius 2 is 2.12 bits per heavy atom. The monoisotopic (exact) mass is 254 g/mol. The number of rotatable bonds is 3. The van der Waals surface area contributed by atoms with Gasteiger partial charge in [-0.25, -0.2) is 8.78 Å². The number of aliphatic hydroxyl groups is 1. The number of thiophene rings is 1. The zero-order valence-electron chi connectivity index (χ0n) is 9.28. The van der Waals surface area contributed by atoms with Gasteiger partial charge in [-0.05, 0) is 35.6 Å². The van der Waals surface area contributed by atoms with E-state index >= 15 is 0 Å². The van der Waals surface area contributed by atoms with E-state index in [4.69, 9.17) is 0 Å². The molecule has 1 heterocycles. The highest BCUT2D eigenvalue weighted by Gasteiger charge is 2.14. The maximum Gasteiger partial charge on any atom is 0.162 e. The van der Waals surface area contributed by atoms with Crippen LogP contribution in [0.2, 0.25) is 0 Å². The standard InChI is InChI=1S/C13H12F2OS/c1-8-5-10(7-17-8)12(16)6-9-3-2-4-11(14)13(9)15/h2-5,7,12,16H,6H2,1H3. The lowest BCUT2D eigenvalue weighted by molar-refractivity contribution is 0.177. The van der Waals surface area contributed by atoms with Crippen LogP contribution in [-0.2, 0) is 6.42 Å². The van der Waals surface area contributed by atoms with Gasteiger partial charge < -0.3 is 5.11 Å². The van der Waals surface area contributed by atoms with E-state index in [0.29, 0.717) is 0 Å². The molecule has 1 aromatic heterocycles. The van der Waals surface area contributed by atoms with Crippen molar-refractivity contribution >= 4 is 11.3 Å². The van der Waals surface area contributed by atoms with Gasteiger partial charge in [0, 0.05) is 11.3 Å². The summed E-state index contributed by atoms with van der Waals surface area (Å²) in [5.74, 6) is -1.75. The minimum atomic E-state index is -0.879. The van der Waals surface area contributed by atoms with Gasteiger partial charge in [0.2, 0.25) is 0 Å². The number of benzene rings is 1. The van der Waals surface area contributed by atoms with E-state index in [1.807, 2.05) is 18.4 Å². The van der Waals surface area contributed by atoms with E-state index in [0.717, 1.165) is 16.5 Å². The summed E-state index contributed by atoms with van der Waals surface area (Å²) >= 11 is 1.52. The van der Waals surface area contributed by atoms with Crippen LogP contribution in [0.5, 0.6) is 0 Å². The second-order valence-corrected chi connectivity index (χ2v) is 5.04. The Kier molecular flexibility index (Phi) is 3.54. The van der Waals surface area contributed by atoms with E-state index in [9.17, 15) is 13.9 Å². The molecule has 1 aromatic carbocycles. The summed E-state index contributed by atoms with van der Waals surface area (Å²) < 4.78 is 26.4. The van der Waals surface area contributed by atoms with Gasteiger partial charge in [0.1, 0.15) is 0 Å². The van der Waals surface area contributed by atoms with Crippen molar-refractivity contribution in [3.05, 3.63) is 57.3 Å². The Labute approximate surface area is 102 Å². The fourth-order valence-electron chi connectivity index (χ4n) is 1.67. The van der Waals surface area contributed by atoms with Crippen molar-refractivity contribution in [1.82, 2.24) is 0 Å². The van der Waals surface area contributed by atoms with Crippen molar-refractivity contribution in [2.24, 2.45) is 0 Å². The largest absolute Gasteiger partial charge is 0.388 e. The van der Waals surface area contributed by atoms with Gasteiger partial charge in [-0.1, -0.05) is 12.1 Å². The van der Waals surface area contributed by atoms with Gasteiger partial charge in [0.25, 0.3) is 0 Å². The first-order valence-electron chi connectivity index (χ1n) is 5.24. The number of aliphatic hydroxyl groups excluding tert-OH is 1. The molecule has 4 heteroatoms. The molecule has 0 aliphatic carbocycles. The molecule has 2 aromatic rings. The van der Waals surface area contributed by atoms with Crippen LogP contribution in [0.15, 0.2) is 29.6 Å². The van der Waals surface area contributed by atoms with Crippen LogP contribution in [0.3, 0.4) is 0 Å². The molecule has 1 N–H and O–H groups in total. The summed E-state index contributed by atoms with van der Waals surface area (Å²) in [4.78, 5) is 1.08. The first kappa shape index (κ1) is 12.2. The average molecular weight is 254 g/mol. The van der Waals surface area contributed by atoms with E-state index in [1.165, 1.54) is 23.5 Å². The first-order valence-corrected chi connectivity index (χ1v) is 6.12. The Balaban J connectivity index is 2.18. The number of hydrogen-bond acceptors (Lipinski definition) is 2. The molecule has 0 bridgehead atoms. The average Bonchev–Trinajstić information content (AvgIpc) is 2.72. The molecule has 1 atom stereocenters. The molecule has 0 aliphatic rings. The van der Waals surface area contributed by atoms with E-state index in [-0.39, 0.29) is 12.0 Å². The molecule has 0 saturated carbocycles. The summed E-state index contributed by atoms with van der Waals surface area (Å²) in [6.45, 7) is 1.93. The van der Waals surface area contributed by atoms with Crippen molar-refractivity contribution in [1.29, 1.82) is 0 Å². The zero-order valence-corrected chi connectivity index (χ0v) is 10.1. The third-order valence-electron chi connectivity index (χ3n) is 2.58. The Bertz CT molecular complexity index is 522. The molecule has 2 rings (SSSR count). The molecule has 0 saturated heterocycles. The highest BCUT2D eigenvalue weighted by molar-refractivity contribution is 7.10. The molecule has 0 amide bonds. The highest BCUT2D eigenvalue weighted by atomic mass is 32.1. The molecule has 17 heavy (non-hydrogen) atoms. The predicted molar refractivity (Wildman–Crippen MR) is 64.1 cm³/mol. The topological polar surface area (TPSA) is 20.2 Å². The van der Waals surface area contributed by atoms with Gasteiger partial charge >= 0.3 is 0 Å². The summed E-state index contributed by atoms with van der Waals surface area (Å²) in [7, 11) is 0. The van der Waals surface area contributed by atoms with Crippen molar-refractivity contribution in [2.75, 3.05) is 0 Å². The fraction of sp³-hybridized carbons (Fsp3) is 0.231. The van der Waals surface area contributed by atoms with E-state index in [2.05, 4.69) is 0 Å². The normalized spacial score (nSPS) is 12.7. The summed E-state index contributed by atoms with van der Waals surface area (Å²) in [6, 6.07) is 5.85. The molecular formula is C13H12F2OS. The molecule has 1 nitrogen and oxygen atoms in total. The minimum Gasteiger partial charge on any atom is -0.388 e. The Morgan fingerprint density at radius 1 is 1.35 bits per heavy atom. The van der Waals surface area contributed by atoms with Crippen LogP contribution in [-0.4, -0.2) is 5.11 Å². The van der Waals surface area contributed by atoms with Gasteiger partial charge in [0.15, 0.2) is 11.6 Å². The second kappa shape index (κ2) is 4.94. The minimum absolute atomic E-state index is 0.0831. The predicted octanol–water partition coefficient (Wildman–Crippen LogP) is 3.61. The summed E-state index contributed by atoms with van der Waals surface area (Å²) in [6.07, 6.45) is -0.712. The van der Waals surface area contributed by atoms with Crippen molar-refractivity contribution in [2.45, 2.75) is 19.4 Å². The quantitative estimate of drug-likeness (QED) is 0.887. The molecule has 90 valence electrons. The second-order valence-electron chi connectivity index (χ2n) is 3.92. The molecule has 1 unspecified atom stereocenters. The third-order valence-corrected chi connectivity index (χ3v) is 3.46. The summed E-state index contributed by atoms with van der Waals surface area (Å²) in [5, 5.41) is 11.8. The van der Waals surface area contributed by atoms with E-state index in [1.54, 1.807) is 0 Å². The molecule has 0 radical (unpaired) electrons. The Morgan fingerprint density at radius 3 is 2.76 bits per heavy atom. The summed E-state index contributed by atoms with van der Waals surface area (Å²) in [5.41, 5.74) is 0.942. The number of aryl methyl sites for hydroxylation is 1. The van der Waals surface area contributed by atoms with Gasteiger partial charge in [0.05, 0.1) is 6.10 Å². The van der Waals surface area contributed by atoms with E-state index < -0.39 is 17.7 Å². The van der Waals surface area contributed by atoms with Crippen LogP contribution in [0.4, 0.5) is 8.78 Å². The van der Waals surface area contributed by atoms with Crippen molar-refractivity contribution < 1.29 is 13.9 Å². The lowest BCUT2D eigenvalue weighted by atomic mass is 10.0. The maximum absolute atomic E-state index is 13.4. The molecule has 0 aliphatic heterocycles. The van der Waals surface area contributed by atoms with Crippen molar-refractivity contribution in [3.63, 3.8) is 0 Å². The molecule has 0 fully saturated rings. The van der Waals surface area contributed by atoms with Gasteiger partial charge in [-0.2, -0.15) is 0 Å². The lowest BCUT2D eigenvalue weighted by Gasteiger charge is -2.09. The highest BCUT2D eigenvalue weighted by Crippen LogP contribution is 2.24. The lowest BCUT2D eigenvalue weighted by Crippen LogP contribution is -2.03. The first-order chi connectivity index (χ1) is 8.08. The van der Waals surface area contributed by atoms with Crippen LogP contribution < -0.4 is 0 Å². The molecule has 0 spiro atoms. The van der Waals surface area contributed by atoms with Crippen LogP contribution >= 0.6 is 11.3 Å². The SMILES string of the molecule is Cc1cc(C(O)Cc2cccc(F)c2F)cs1. The smallest absolute Gasteiger partial charge is 0.162 e. The number of halogens is 2. The Hall–Kier alpha value is -1.26. The fourth-order valence-corrected chi connectivity index (χ4v) is 2.42. The third kappa shape index (κ3) is 2.70. The number of hydrogen-bond donors (Lipinski definition) is 1. The van der Waals surface area contributed by atoms with Crippen LogP contribution in [0, 0.1) is 18.6 Å². The van der Waals surface area contributed by atoms with Gasteiger partial charge in [-0.15, -0.1) is 11.3 Å². The van der Waals surface area contributed by atoms with Crippen LogP contribution in [0.25, 0.3) is 0 Å². The van der Waals surface area contributed by atoms with Crippen molar-refractivity contribution in [3.8, 4) is 0 Å². The zero-order chi connectivity index (χ0) is 12.4. The maximum atomic E-state index is 13.4. The van der Waals surface area contributed by atoms with Gasteiger partial charge in [-0.3, -0.25) is 0 Å². The van der Waals surface area contributed by atoms with Crippen LogP contribution in [0.1, 0.15) is 22.1 Å². The molecular weight excluding hydrogens is 242 g/mol.